The van der Waals surface area contributed by atoms with Gasteiger partial charge in [0.1, 0.15) is 0 Å². The summed E-state index contributed by atoms with van der Waals surface area (Å²) in [6.45, 7) is 5.86. The van der Waals surface area contributed by atoms with Gasteiger partial charge in [0.25, 0.3) is 0 Å². The van der Waals surface area contributed by atoms with Gasteiger partial charge in [0.15, 0.2) is 5.96 Å². The maximum absolute atomic E-state index is 5.42. The number of aliphatic imine (C=N–C) groups is 1. The number of rotatable bonds is 6. The van der Waals surface area contributed by atoms with Crippen molar-refractivity contribution in [3.63, 3.8) is 0 Å². The fourth-order valence-electron chi connectivity index (χ4n) is 2.70. The quantitative estimate of drug-likeness (QED) is 0.410. The van der Waals surface area contributed by atoms with Gasteiger partial charge in [-0.05, 0) is 32.1 Å². The number of hydrogen-bond acceptors (Lipinski definition) is 4. The number of aromatic nitrogens is 1. The van der Waals surface area contributed by atoms with Crippen molar-refractivity contribution in [2.24, 2.45) is 10.9 Å². The van der Waals surface area contributed by atoms with Crippen LogP contribution in [-0.4, -0.2) is 56.2 Å². The van der Waals surface area contributed by atoms with Gasteiger partial charge < -0.3 is 15.0 Å². The van der Waals surface area contributed by atoms with E-state index in [-0.39, 0.29) is 24.0 Å². The molecule has 0 bridgehead atoms. The second kappa shape index (κ2) is 11.2. The minimum Gasteiger partial charge on any atom is -0.381 e. The van der Waals surface area contributed by atoms with E-state index < -0.39 is 0 Å². The summed E-state index contributed by atoms with van der Waals surface area (Å²) in [5, 5.41) is 4.62. The van der Waals surface area contributed by atoms with Crippen molar-refractivity contribution < 1.29 is 4.74 Å². The maximum Gasteiger partial charge on any atom is 0.193 e. The molecule has 5 nitrogen and oxygen atoms in total. The van der Waals surface area contributed by atoms with Gasteiger partial charge in [-0.1, -0.05) is 0 Å². The Morgan fingerprint density at radius 3 is 2.83 bits per heavy atom. The lowest BCUT2D eigenvalue weighted by molar-refractivity contribution is 0.0625. The van der Waals surface area contributed by atoms with E-state index in [2.05, 4.69) is 34.2 Å². The van der Waals surface area contributed by atoms with Crippen molar-refractivity contribution in [2.75, 3.05) is 40.4 Å². The number of nitrogens with one attached hydrogen (secondary N) is 1. The van der Waals surface area contributed by atoms with Crippen LogP contribution in [0.2, 0.25) is 0 Å². The molecule has 0 amide bonds. The highest BCUT2D eigenvalue weighted by Crippen LogP contribution is 2.18. The molecule has 1 aliphatic heterocycles. The highest BCUT2D eigenvalue weighted by atomic mass is 127. The number of nitrogens with zero attached hydrogens (tertiary/aromatic N) is 3. The third-order valence-corrected chi connectivity index (χ3v) is 5.05. The number of hydrogen-bond donors (Lipinski definition) is 1. The fourth-order valence-corrected chi connectivity index (χ4v) is 3.49. The van der Waals surface area contributed by atoms with Crippen molar-refractivity contribution >= 4 is 41.3 Å². The summed E-state index contributed by atoms with van der Waals surface area (Å²) in [4.78, 5) is 12.3. The van der Waals surface area contributed by atoms with E-state index >= 15 is 0 Å². The first-order chi connectivity index (χ1) is 10.7. The molecule has 0 saturated carbocycles. The first-order valence-electron chi connectivity index (χ1n) is 8.10. The maximum atomic E-state index is 5.42. The molecule has 0 unspecified atom stereocenters. The third kappa shape index (κ3) is 7.34. The molecule has 1 saturated heterocycles. The van der Waals surface area contributed by atoms with Gasteiger partial charge in [-0.2, -0.15) is 0 Å². The highest BCUT2D eigenvalue weighted by Gasteiger charge is 2.15. The molecule has 0 aromatic carbocycles. The molecule has 1 aliphatic rings. The van der Waals surface area contributed by atoms with E-state index in [1.807, 2.05) is 13.2 Å². The van der Waals surface area contributed by atoms with Crippen molar-refractivity contribution in [1.82, 2.24) is 15.2 Å². The van der Waals surface area contributed by atoms with Crippen LogP contribution in [0.15, 0.2) is 11.2 Å². The molecule has 1 aromatic heterocycles. The molecule has 0 radical (unpaired) electrons. The predicted molar refractivity (Wildman–Crippen MR) is 108 cm³/mol. The van der Waals surface area contributed by atoms with Crippen LogP contribution in [0.3, 0.4) is 0 Å². The Kier molecular flexibility index (Phi) is 10.0. The largest absolute Gasteiger partial charge is 0.381 e. The number of halogens is 1. The van der Waals surface area contributed by atoms with Crippen LogP contribution < -0.4 is 5.32 Å². The standard InChI is InChI=1S/C16H28N4OS.HI/c1-13-12-19-15(22-13)4-8-18-16(17-2)20(3)9-5-14-6-10-21-11-7-14;/h12,14H,4-11H2,1-3H3,(H,17,18);1H. The molecule has 132 valence electrons. The topological polar surface area (TPSA) is 49.8 Å². The van der Waals surface area contributed by atoms with Gasteiger partial charge in [-0.3, -0.25) is 4.99 Å². The Morgan fingerprint density at radius 1 is 1.48 bits per heavy atom. The van der Waals surface area contributed by atoms with E-state index in [1.54, 1.807) is 11.3 Å². The summed E-state index contributed by atoms with van der Waals surface area (Å²) in [6.07, 6.45) is 6.50. The number of guanidine groups is 1. The Balaban J connectivity index is 0.00000264. The molecule has 1 N–H and O–H groups in total. The van der Waals surface area contributed by atoms with E-state index in [4.69, 9.17) is 4.74 Å². The summed E-state index contributed by atoms with van der Waals surface area (Å²) in [7, 11) is 3.96. The van der Waals surface area contributed by atoms with Crippen LogP contribution in [0.4, 0.5) is 0 Å². The van der Waals surface area contributed by atoms with Crippen molar-refractivity contribution in [3.8, 4) is 0 Å². The van der Waals surface area contributed by atoms with Crippen LogP contribution >= 0.6 is 35.3 Å². The number of aryl methyl sites for hydroxylation is 1. The summed E-state index contributed by atoms with van der Waals surface area (Å²) in [5.74, 6) is 1.77. The molecule has 0 spiro atoms. The molecule has 7 heteroatoms. The fraction of sp³-hybridized carbons (Fsp3) is 0.750. The summed E-state index contributed by atoms with van der Waals surface area (Å²) in [6, 6.07) is 0. The molecule has 1 fully saturated rings. The number of ether oxygens (including phenoxy) is 1. The minimum atomic E-state index is 0. The Bertz CT molecular complexity index is 474. The van der Waals surface area contributed by atoms with Crippen LogP contribution in [0.1, 0.15) is 29.1 Å². The van der Waals surface area contributed by atoms with Gasteiger partial charge in [0.05, 0.1) is 5.01 Å². The summed E-state index contributed by atoms with van der Waals surface area (Å²) < 4.78 is 5.42. The Hall–Kier alpha value is -0.410. The molecule has 0 aliphatic carbocycles. The van der Waals surface area contributed by atoms with Gasteiger partial charge in [-0.15, -0.1) is 35.3 Å². The molecule has 23 heavy (non-hydrogen) atoms. The molecule has 1 aromatic rings. The van der Waals surface area contributed by atoms with Crippen LogP contribution in [0.25, 0.3) is 0 Å². The summed E-state index contributed by atoms with van der Waals surface area (Å²) >= 11 is 1.77. The van der Waals surface area contributed by atoms with E-state index in [0.717, 1.165) is 44.6 Å². The SMILES string of the molecule is CN=C(NCCc1ncc(C)s1)N(C)CCC1CCOCC1.I. The normalized spacial score (nSPS) is 16.0. The zero-order valence-corrected chi connectivity index (χ0v) is 17.5. The van der Waals surface area contributed by atoms with Crippen molar-refractivity contribution in [1.29, 1.82) is 0 Å². The average molecular weight is 452 g/mol. The van der Waals surface area contributed by atoms with E-state index in [9.17, 15) is 0 Å². The van der Waals surface area contributed by atoms with E-state index in [0.29, 0.717) is 0 Å². The summed E-state index contributed by atoms with van der Waals surface area (Å²) in [5.41, 5.74) is 0. The molecular weight excluding hydrogens is 423 g/mol. The molecular formula is C16H29IN4OS. The highest BCUT2D eigenvalue weighted by molar-refractivity contribution is 14.0. The molecule has 0 atom stereocenters. The number of thiazole rings is 1. The van der Waals surface area contributed by atoms with Gasteiger partial charge >= 0.3 is 0 Å². The Morgan fingerprint density at radius 2 is 2.22 bits per heavy atom. The van der Waals surface area contributed by atoms with Crippen LogP contribution in [0.5, 0.6) is 0 Å². The lowest BCUT2D eigenvalue weighted by atomic mass is 9.96. The zero-order chi connectivity index (χ0) is 15.8. The van der Waals surface area contributed by atoms with Gasteiger partial charge in [-0.25, -0.2) is 4.98 Å². The lowest BCUT2D eigenvalue weighted by Gasteiger charge is -2.26. The Labute approximate surface area is 160 Å². The first kappa shape index (κ1) is 20.6. The molecule has 2 rings (SSSR count). The van der Waals surface area contributed by atoms with Crippen molar-refractivity contribution in [3.05, 3.63) is 16.1 Å². The van der Waals surface area contributed by atoms with E-state index in [1.165, 1.54) is 29.1 Å². The van der Waals surface area contributed by atoms with Gasteiger partial charge in [0, 0.05) is 57.9 Å². The predicted octanol–water partition coefficient (Wildman–Crippen LogP) is 2.94. The second-order valence-corrected chi connectivity index (χ2v) is 7.17. The monoisotopic (exact) mass is 452 g/mol. The first-order valence-corrected chi connectivity index (χ1v) is 8.91. The lowest BCUT2D eigenvalue weighted by Crippen LogP contribution is -2.40. The second-order valence-electron chi connectivity index (χ2n) is 5.85. The van der Waals surface area contributed by atoms with Crippen LogP contribution in [-0.2, 0) is 11.2 Å². The third-order valence-electron chi connectivity index (χ3n) is 4.08. The average Bonchev–Trinajstić information content (AvgIpc) is 2.95. The zero-order valence-electron chi connectivity index (χ0n) is 14.4. The molecule has 2 heterocycles. The smallest absolute Gasteiger partial charge is 0.193 e. The van der Waals surface area contributed by atoms with Crippen molar-refractivity contribution in [2.45, 2.75) is 32.6 Å². The van der Waals surface area contributed by atoms with Gasteiger partial charge in [0.2, 0.25) is 0 Å². The minimum absolute atomic E-state index is 0. The van der Waals surface area contributed by atoms with Crippen LogP contribution in [0, 0.1) is 12.8 Å².